The molecule has 1 unspecified atom stereocenters. The third-order valence-corrected chi connectivity index (χ3v) is 9.71. The first-order valence-corrected chi connectivity index (χ1v) is 17.7. The SMILES string of the molecule is COc1ccc2cc1OCCCNC(=O)CCc1cccc(c1)Oc1cc3c(cc1OC)C2N(C(=O)c1cccc(S(C)(=O)=O)c1)CC3. The van der Waals surface area contributed by atoms with E-state index in [0.717, 1.165) is 28.5 Å². The van der Waals surface area contributed by atoms with Crippen LogP contribution in [-0.2, 0) is 27.5 Å². The monoisotopic (exact) mass is 670 g/mol. The summed E-state index contributed by atoms with van der Waals surface area (Å²) in [5, 5.41) is 2.96. The lowest BCUT2D eigenvalue weighted by molar-refractivity contribution is -0.121. The van der Waals surface area contributed by atoms with E-state index in [2.05, 4.69) is 5.32 Å². The minimum Gasteiger partial charge on any atom is -0.493 e. The van der Waals surface area contributed by atoms with Crippen LogP contribution in [0.15, 0.2) is 83.8 Å². The van der Waals surface area contributed by atoms with Gasteiger partial charge in [-0.15, -0.1) is 0 Å². The number of hydrogen-bond acceptors (Lipinski definition) is 8. The first-order valence-electron chi connectivity index (χ1n) is 15.8. The molecule has 0 saturated heterocycles. The zero-order chi connectivity index (χ0) is 33.8. The predicted molar refractivity (Wildman–Crippen MR) is 180 cm³/mol. The molecule has 0 spiro atoms. The summed E-state index contributed by atoms with van der Waals surface area (Å²) in [6.45, 7) is 1.15. The Labute approximate surface area is 280 Å². The van der Waals surface area contributed by atoms with Gasteiger partial charge in [-0.05, 0) is 96.1 Å². The van der Waals surface area contributed by atoms with E-state index in [1.165, 1.54) is 12.1 Å². The standard InChI is InChI=1S/C37H38N2O8S/c1-44-31-13-12-26-22-33(31)46-18-6-16-38-35(40)14-11-24-7-4-9-28(19-24)47-34-21-25-15-17-39(36(26)30(25)23-32(34)45-2)37(41)27-8-5-10-29(20-27)48(3,42)43/h4-5,7-10,12-13,19-23,36H,6,11,14-18H2,1-3H3,(H,38,40). The van der Waals surface area contributed by atoms with Crippen LogP contribution in [-0.4, -0.2) is 65.3 Å². The first kappa shape index (κ1) is 32.9. The second kappa shape index (κ2) is 14.0. The molecule has 1 N–H and O–H groups in total. The van der Waals surface area contributed by atoms with Gasteiger partial charge in [0.15, 0.2) is 32.8 Å². The van der Waals surface area contributed by atoms with Crippen molar-refractivity contribution in [3.8, 4) is 28.7 Å². The molecule has 3 aliphatic rings. The fourth-order valence-corrected chi connectivity index (χ4v) is 6.83. The molecule has 48 heavy (non-hydrogen) atoms. The first-order chi connectivity index (χ1) is 23.1. The fourth-order valence-electron chi connectivity index (χ4n) is 6.17. The molecule has 0 aliphatic carbocycles. The van der Waals surface area contributed by atoms with Gasteiger partial charge in [-0.25, -0.2) is 8.42 Å². The molecule has 11 heteroatoms. The quantitative estimate of drug-likeness (QED) is 0.302. The summed E-state index contributed by atoms with van der Waals surface area (Å²) in [5.74, 6) is 2.30. The highest BCUT2D eigenvalue weighted by Gasteiger charge is 2.35. The summed E-state index contributed by atoms with van der Waals surface area (Å²) in [6, 6.07) is 22.6. The van der Waals surface area contributed by atoms with Gasteiger partial charge in [0.2, 0.25) is 5.91 Å². The van der Waals surface area contributed by atoms with Crippen LogP contribution in [0.5, 0.6) is 28.7 Å². The topological polar surface area (TPSA) is 120 Å². The van der Waals surface area contributed by atoms with E-state index < -0.39 is 15.9 Å². The third kappa shape index (κ3) is 7.11. The Morgan fingerprint density at radius 2 is 1.71 bits per heavy atom. The number of benzene rings is 4. The molecule has 0 saturated carbocycles. The number of nitrogens with zero attached hydrogens (tertiary/aromatic N) is 1. The smallest absolute Gasteiger partial charge is 0.254 e. The van der Waals surface area contributed by atoms with E-state index in [-0.39, 0.29) is 22.3 Å². The Bertz CT molecular complexity index is 1960. The summed E-state index contributed by atoms with van der Waals surface area (Å²) in [4.78, 5) is 28.6. The van der Waals surface area contributed by atoms with Gasteiger partial charge in [0.25, 0.3) is 5.91 Å². The van der Waals surface area contributed by atoms with Crippen molar-refractivity contribution in [2.75, 3.05) is 40.2 Å². The molecule has 3 heterocycles. The summed E-state index contributed by atoms with van der Waals surface area (Å²) < 4.78 is 48.7. The molecular weight excluding hydrogens is 632 g/mol. The average molecular weight is 671 g/mol. The van der Waals surface area contributed by atoms with Crippen LogP contribution in [0.1, 0.15) is 51.5 Å². The van der Waals surface area contributed by atoms with E-state index in [1.54, 1.807) is 37.3 Å². The number of amides is 2. The summed E-state index contributed by atoms with van der Waals surface area (Å²) in [6.07, 6.45) is 3.13. The van der Waals surface area contributed by atoms with E-state index in [9.17, 15) is 18.0 Å². The van der Waals surface area contributed by atoms with Crippen molar-refractivity contribution in [1.29, 1.82) is 0 Å². The van der Waals surface area contributed by atoms with E-state index in [1.807, 2.05) is 48.5 Å². The lowest BCUT2D eigenvalue weighted by Gasteiger charge is -2.38. The molecule has 4 aromatic rings. The van der Waals surface area contributed by atoms with Gasteiger partial charge in [0.1, 0.15) is 5.75 Å². The second-order valence-electron chi connectivity index (χ2n) is 11.9. The molecule has 2 amide bonds. The molecule has 10 nitrogen and oxygen atoms in total. The predicted octanol–water partition coefficient (Wildman–Crippen LogP) is 5.52. The molecule has 0 radical (unpaired) electrons. The highest BCUT2D eigenvalue weighted by Crippen LogP contribution is 2.44. The molecule has 4 aromatic carbocycles. The Hall–Kier alpha value is -5.03. The number of methoxy groups -OCH3 is 2. The molecule has 1 atom stereocenters. The minimum atomic E-state index is -3.53. The van der Waals surface area contributed by atoms with E-state index >= 15 is 0 Å². The van der Waals surface area contributed by atoms with Crippen LogP contribution in [0.25, 0.3) is 0 Å². The second-order valence-corrected chi connectivity index (χ2v) is 13.9. The van der Waals surface area contributed by atoms with Crippen LogP contribution in [0.2, 0.25) is 0 Å². The van der Waals surface area contributed by atoms with E-state index in [0.29, 0.717) is 74.1 Å². The zero-order valence-electron chi connectivity index (χ0n) is 27.2. The van der Waals surface area contributed by atoms with Crippen LogP contribution in [0.3, 0.4) is 0 Å². The number of hydrogen-bond donors (Lipinski definition) is 1. The third-order valence-electron chi connectivity index (χ3n) is 8.60. The lowest BCUT2D eigenvalue weighted by atomic mass is 9.87. The maximum atomic E-state index is 14.3. The van der Waals surface area contributed by atoms with Crippen molar-refractivity contribution >= 4 is 21.7 Å². The van der Waals surface area contributed by atoms with Crippen molar-refractivity contribution in [2.24, 2.45) is 0 Å². The van der Waals surface area contributed by atoms with Crippen molar-refractivity contribution in [1.82, 2.24) is 10.2 Å². The van der Waals surface area contributed by atoms with Crippen LogP contribution >= 0.6 is 0 Å². The lowest BCUT2D eigenvalue weighted by Crippen LogP contribution is -2.40. The number of carbonyl (C=O) groups is 2. The van der Waals surface area contributed by atoms with Crippen molar-refractivity contribution in [3.63, 3.8) is 0 Å². The normalized spacial score (nSPS) is 16.6. The maximum absolute atomic E-state index is 14.3. The van der Waals surface area contributed by atoms with Crippen molar-refractivity contribution in [3.05, 3.63) is 107 Å². The van der Waals surface area contributed by atoms with Gasteiger partial charge in [-0.3, -0.25) is 9.59 Å². The molecule has 0 aromatic heterocycles. The van der Waals surface area contributed by atoms with Crippen LogP contribution in [0.4, 0.5) is 0 Å². The van der Waals surface area contributed by atoms with Gasteiger partial charge in [-0.1, -0.05) is 24.3 Å². The van der Waals surface area contributed by atoms with Gasteiger partial charge >= 0.3 is 0 Å². The molecule has 0 fully saturated rings. The summed E-state index contributed by atoms with van der Waals surface area (Å²) in [5.41, 5.74) is 3.83. The molecular formula is C37H38N2O8S. The van der Waals surface area contributed by atoms with Gasteiger partial charge in [0, 0.05) is 31.3 Å². The number of aryl methyl sites for hydroxylation is 1. The van der Waals surface area contributed by atoms with Crippen molar-refractivity contribution < 1.29 is 37.0 Å². The Morgan fingerprint density at radius 3 is 2.50 bits per heavy atom. The zero-order valence-corrected chi connectivity index (χ0v) is 28.0. The summed E-state index contributed by atoms with van der Waals surface area (Å²) >= 11 is 0. The maximum Gasteiger partial charge on any atom is 0.254 e. The number of fused-ring (bicyclic) bond motifs is 8. The molecule has 8 bridgehead atoms. The van der Waals surface area contributed by atoms with Gasteiger partial charge in [0.05, 0.1) is 31.8 Å². The van der Waals surface area contributed by atoms with Gasteiger partial charge < -0.3 is 29.2 Å². The number of nitrogens with one attached hydrogen (secondary N) is 1. The Morgan fingerprint density at radius 1 is 0.896 bits per heavy atom. The Kier molecular flexibility index (Phi) is 9.58. The average Bonchev–Trinajstić information content (AvgIpc) is 3.09. The summed E-state index contributed by atoms with van der Waals surface area (Å²) in [7, 11) is -0.396. The highest BCUT2D eigenvalue weighted by molar-refractivity contribution is 7.90. The van der Waals surface area contributed by atoms with Gasteiger partial charge in [-0.2, -0.15) is 0 Å². The highest BCUT2D eigenvalue weighted by atomic mass is 32.2. The fraction of sp³-hybridized carbons (Fsp3) is 0.297. The molecule has 3 aliphatic heterocycles. The van der Waals surface area contributed by atoms with Crippen LogP contribution < -0.4 is 24.3 Å². The largest absolute Gasteiger partial charge is 0.493 e. The number of rotatable bonds is 4. The Balaban J connectivity index is 1.48. The number of sulfone groups is 1. The molecule has 250 valence electrons. The number of carbonyl (C=O) groups excluding carboxylic acids is 2. The number of ether oxygens (including phenoxy) is 4. The molecule has 7 rings (SSSR count). The van der Waals surface area contributed by atoms with Crippen molar-refractivity contribution in [2.45, 2.75) is 36.6 Å². The van der Waals surface area contributed by atoms with Crippen LogP contribution in [0, 0.1) is 0 Å². The minimum absolute atomic E-state index is 0.0472. The van der Waals surface area contributed by atoms with E-state index in [4.69, 9.17) is 18.9 Å².